The van der Waals surface area contributed by atoms with E-state index in [9.17, 15) is 9.59 Å². The van der Waals surface area contributed by atoms with Crippen LogP contribution < -0.4 is 20.3 Å². The molecule has 1 aliphatic rings. The number of benzene rings is 1. The smallest absolute Gasteiger partial charge is 0.271 e. The van der Waals surface area contributed by atoms with E-state index in [1.54, 1.807) is 42.1 Å². The second-order valence-electron chi connectivity index (χ2n) is 6.63. The Bertz CT molecular complexity index is 1100. The standard InChI is InChI=1S/C20H21N3O4S/c1-26-13-8-7-12(16(9-13)27-2)10-21-18(24)14-11-22-20-23(19(14)25)15-5-3-4-6-17(15)28-20/h7-9,11H,3-6,10H2,1-2H3,(H,21,24). The number of carbonyl (C=O) groups is 1. The van der Waals surface area contributed by atoms with Gasteiger partial charge in [-0.1, -0.05) is 0 Å². The highest BCUT2D eigenvalue weighted by Gasteiger charge is 2.21. The first-order chi connectivity index (χ1) is 13.6. The van der Waals surface area contributed by atoms with Gasteiger partial charge in [-0.05, 0) is 37.8 Å². The minimum absolute atomic E-state index is 0.0520. The van der Waals surface area contributed by atoms with E-state index in [-0.39, 0.29) is 17.7 Å². The molecule has 1 amide bonds. The molecule has 0 aliphatic heterocycles. The summed E-state index contributed by atoms with van der Waals surface area (Å²) in [7, 11) is 3.14. The van der Waals surface area contributed by atoms with Crippen molar-refractivity contribution in [1.29, 1.82) is 0 Å². The molecule has 146 valence electrons. The van der Waals surface area contributed by atoms with Crippen molar-refractivity contribution < 1.29 is 14.3 Å². The molecule has 0 spiro atoms. The summed E-state index contributed by atoms with van der Waals surface area (Å²) in [6.45, 7) is 0.232. The zero-order chi connectivity index (χ0) is 19.7. The average molecular weight is 399 g/mol. The maximum Gasteiger partial charge on any atom is 0.271 e. The molecule has 0 bridgehead atoms. The topological polar surface area (TPSA) is 81.9 Å². The predicted molar refractivity (Wildman–Crippen MR) is 107 cm³/mol. The van der Waals surface area contributed by atoms with Crippen molar-refractivity contribution in [2.24, 2.45) is 0 Å². The molecule has 1 N–H and O–H groups in total. The van der Waals surface area contributed by atoms with Crippen LogP contribution in [-0.4, -0.2) is 29.5 Å². The van der Waals surface area contributed by atoms with Crippen LogP contribution in [0.1, 0.15) is 39.3 Å². The van der Waals surface area contributed by atoms with Crippen molar-refractivity contribution in [2.45, 2.75) is 32.2 Å². The van der Waals surface area contributed by atoms with Gasteiger partial charge in [0.1, 0.15) is 17.1 Å². The fraction of sp³-hybridized carbons (Fsp3) is 0.350. The van der Waals surface area contributed by atoms with Gasteiger partial charge in [-0.2, -0.15) is 0 Å². The van der Waals surface area contributed by atoms with Gasteiger partial charge >= 0.3 is 0 Å². The summed E-state index contributed by atoms with van der Waals surface area (Å²) in [6, 6.07) is 5.37. The molecule has 2 heterocycles. The molecule has 8 heteroatoms. The molecule has 0 atom stereocenters. The van der Waals surface area contributed by atoms with Gasteiger partial charge in [0.05, 0.1) is 14.2 Å². The fourth-order valence-electron chi connectivity index (χ4n) is 3.49. The van der Waals surface area contributed by atoms with Gasteiger partial charge in [0.25, 0.3) is 11.5 Å². The van der Waals surface area contributed by atoms with E-state index in [4.69, 9.17) is 9.47 Å². The number of fused-ring (bicyclic) bond motifs is 3. The van der Waals surface area contributed by atoms with Crippen LogP contribution in [0.2, 0.25) is 0 Å². The van der Waals surface area contributed by atoms with Crippen LogP contribution in [0.5, 0.6) is 11.5 Å². The van der Waals surface area contributed by atoms with Crippen molar-refractivity contribution in [3.05, 3.63) is 56.4 Å². The SMILES string of the molecule is COc1ccc(CNC(=O)c2cnc3sc4c(n3c2=O)CCCC4)c(OC)c1. The van der Waals surface area contributed by atoms with E-state index in [2.05, 4.69) is 10.3 Å². The Morgan fingerprint density at radius 1 is 1.25 bits per heavy atom. The maximum absolute atomic E-state index is 12.9. The summed E-state index contributed by atoms with van der Waals surface area (Å²) in [4.78, 5) is 31.8. The lowest BCUT2D eigenvalue weighted by Gasteiger charge is -2.12. The molecule has 0 fully saturated rings. The molecule has 0 saturated heterocycles. The summed E-state index contributed by atoms with van der Waals surface area (Å²) in [5.74, 6) is 0.833. The quantitative estimate of drug-likeness (QED) is 0.713. The van der Waals surface area contributed by atoms with E-state index in [0.717, 1.165) is 36.9 Å². The molecule has 0 radical (unpaired) electrons. The van der Waals surface area contributed by atoms with E-state index in [0.29, 0.717) is 16.5 Å². The molecule has 7 nitrogen and oxygen atoms in total. The van der Waals surface area contributed by atoms with Crippen molar-refractivity contribution >= 4 is 22.2 Å². The molecular formula is C20H21N3O4S. The average Bonchev–Trinajstić information content (AvgIpc) is 3.11. The van der Waals surface area contributed by atoms with E-state index in [1.165, 1.54) is 11.1 Å². The second kappa shape index (κ2) is 7.63. The van der Waals surface area contributed by atoms with Crippen LogP contribution in [0.15, 0.2) is 29.2 Å². The Balaban J connectivity index is 1.60. The number of rotatable bonds is 5. The van der Waals surface area contributed by atoms with Crippen molar-refractivity contribution in [3.63, 3.8) is 0 Å². The molecule has 0 saturated carbocycles. The second-order valence-corrected chi connectivity index (χ2v) is 7.70. The maximum atomic E-state index is 12.9. The van der Waals surface area contributed by atoms with E-state index < -0.39 is 5.91 Å². The molecule has 1 aliphatic carbocycles. The highest BCUT2D eigenvalue weighted by atomic mass is 32.1. The number of hydrogen-bond acceptors (Lipinski definition) is 6. The van der Waals surface area contributed by atoms with Gasteiger partial charge in [-0.25, -0.2) is 4.98 Å². The molecule has 28 heavy (non-hydrogen) atoms. The third-order valence-corrected chi connectivity index (χ3v) is 6.14. The number of hydrogen-bond donors (Lipinski definition) is 1. The van der Waals surface area contributed by atoms with Crippen molar-refractivity contribution in [2.75, 3.05) is 14.2 Å². The Morgan fingerprint density at radius 2 is 2.07 bits per heavy atom. The molecular weight excluding hydrogens is 378 g/mol. The van der Waals surface area contributed by atoms with Crippen LogP contribution >= 0.6 is 11.3 Å². The van der Waals surface area contributed by atoms with Crippen molar-refractivity contribution in [3.8, 4) is 11.5 Å². The lowest BCUT2D eigenvalue weighted by Crippen LogP contribution is -2.31. The minimum atomic E-state index is -0.444. The Labute approximate surface area is 165 Å². The van der Waals surface area contributed by atoms with Gasteiger partial charge in [0, 0.05) is 34.9 Å². The first-order valence-electron chi connectivity index (χ1n) is 9.13. The summed E-state index contributed by atoms with van der Waals surface area (Å²) in [6.07, 6.45) is 5.39. The number of thiazole rings is 1. The zero-order valence-electron chi connectivity index (χ0n) is 15.8. The number of ether oxygens (including phenoxy) is 2. The third kappa shape index (κ3) is 3.24. The number of carbonyl (C=O) groups excluding carboxylic acids is 1. The number of nitrogens with zero attached hydrogens (tertiary/aromatic N) is 2. The normalized spacial score (nSPS) is 13.2. The Kier molecular flexibility index (Phi) is 5.04. The molecule has 2 aromatic heterocycles. The number of amides is 1. The Morgan fingerprint density at radius 3 is 2.86 bits per heavy atom. The lowest BCUT2D eigenvalue weighted by atomic mass is 10.0. The van der Waals surface area contributed by atoms with Gasteiger partial charge in [0.15, 0.2) is 4.96 Å². The number of aromatic nitrogens is 2. The van der Waals surface area contributed by atoms with Gasteiger partial charge < -0.3 is 14.8 Å². The minimum Gasteiger partial charge on any atom is -0.497 e. The summed E-state index contributed by atoms with van der Waals surface area (Å²) < 4.78 is 12.1. The molecule has 4 rings (SSSR count). The monoisotopic (exact) mass is 399 g/mol. The van der Waals surface area contributed by atoms with Crippen LogP contribution in [0.4, 0.5) is 0 Å². The lowest BCUT2D eigenvalue weighted by molar-refractivity contribution is 0.0948. The molecule has 3 aromatic rings. The van der Waals surface area contributed by atoms with E-state index >= 15 is 0 Å². The first kappa shape index (κ1) is 18.5. The molecule has 1 aromatic carbocycles. The highest BCUT2D eigenvalue weighted by molar-refractivity contribution is 7.17. The van der Waals surface area contributed by atoms with Gasteiger partial charge in [0.2, 0.25) is 0 Å². The van der Waals surface area contributed by atoms with Gasteiger partial charge in [-0.15, -0.1) is 11.3 Å². The number of methoxy groups -OCH3 is 2. The largest absolute Gasteiger partial charge is 0.497 e. The van der Waals surface area contributed by atoms with Crippen LogP contribution in [0, 0.1) is 0 Å². The summed E-state index contributed by atoms with van der Waals surface area (Å²) >= 11 is 1.54. The number of nitrogens with one attached hydrogen (secondary N) is 1. The Hall–Kier alpha value is -2.87. The number of aryl methyl sites for hydroxylation is 2. The van der Waals surface area contributed by atoms with E-state index in [1.807, 2.05) is 6.07 Å². The fourth-order valence-corrected chi connectivity index (χ4v) is 4.66. The van der Waals surface area contributed by atoms with Crippen LogP contribution in [0.3, 0.4) is 0 Å². The summed E-state index contributed by atoms with van der Waals surface area (Å²) in [5.41, 5.74) is 1.55. The third-order valence-electron chi connectivity index (χ3n) is 4.98. The molecule has 0 unspecified atom stereocenters. The zero-order valence-corrected chi connectivity index (χ0v) is 16.6. The summed E-state index contributed by atoms with van der Waals surface area (Å²) in [5, 5.41) is 2.80. The highest BCUT2D eigenvalue weighted by Crippen LogP contribution is 2.28. The first-order valence-corrected chi connectivity index (χ1v) is 9.95. The van der Waals surface area contributed by atoms with Crippen LogP contribution in [0.25, 0.3) is 4.96 Å². The van der Waals surface area contributed by atoms with Crippen molar-refractivity contribution in [1.82, 2.24) is 14.7 Å². The predicted octanol–water partition coefficient (Wildman–Crippen LogP) is 2.58. The van der Waals surface area contributed by atoms with Gasteiger partial charge in [-0.3, -0.25) is 14.0 Å². The van der Waals surface area contributed by atoms with Crippen LogP contribution in [-0.2, 0) is 19.4 Å².